The number of benzene rings is 1. The number of carboxylic acids is 2. The summed E-state index contributed by atoms with van der Waals surface area (Å²) in [5.74, 6) is -3.08. The van der Waals surface area contributed by atoms with Gasteiger partial charge in [0.05, 0.1) is 0 Å². The average molecular weight is 322 g/mol. The number of carbonyl (C=O) groups is 3. The number of aliphatic carboxylic acids is 2. The summed E-state index contributed by atoms with van der Waals surface area (Å²) in [6, 6.07) is 6.34. The Kier molecular flexibility index (Phi) is 13.4. The molecule has 0 saturated carbocycles. The molecule has 0 aromatic heterocycles. The maximum atomic E-state index is 11.8. The summed E-state index contributed by atoms with van der Waals surface area (Å²) >= 11 is 0. The van der Waals surface area contributed by atoms with E-state index in [9.17, 15) is 24.6 Å². The summed E-state index contributed by atoms with van der Waals surface area (Å²) in [7, 11) is 0. The minimum absolute atomic E-state index is 0. The molecule has 7 heteroatoms. The van der Waals surface area contributed by atoms with Gasteiger partial charge in [0, 0.05) is 29.8 Å². The van der Waals surface area contributed by atoms with Gasteiger partial charge in [-0.2, -0.15) is 0 Å². The van der Waals surface area contributed by atoms with Gasteiger partial charge in [-0.15, -0.1) is 0 Å². The van der Waals surface area contributed by atoms with Crippen LogP contribution < -0.4 is 69.3 Å². The zero-order valence-corrected chi connectivity index (χ0v) is 17.3. The van der Waals surface area contributed by atoms with Crippen LogP contribution in [0.2, 0.25) is 0 Å². The predicted octanol–water partition coefficient (Wildman–Crippen LogP) is -5.96. The van der Waals surface area contributed by atoms with Gasteiger partial charge in [0.25, 0.3) is 0 Å². The molecular formula is C15H16Na2O5. The minimum Gasteiger partial charge on any atom is -0.550 e. The molecule has 0 spiro atoms. The van der Waals surface area contributed by atoms with E-state index in [0.717, 1.165) is 0 Å². The number of unbranched alkanes of at least 4 members (excludes halogenated alkanes) is 1. The van der Waals surface area contributed by atoms with Crippen molar-refractivity contribution >= 4 is 17.7 Å². The molecule has 1 rings (SSSR count). The zero-order chi connectivity index (χ0) is 15.1. The number of hydrogen-bond acceptors (Lipinski definition) is 5. The Hall–Kier alpha value is -0.170. The van der Waals surface area contributed by atoms with Crippen molar-refractivity contribution in [2.75, 3.05) is 0 Å². The monoisotopic (exact) mass is 322 g/mol. The molecule has 0 saturated heterocycles. The molecule has 0 aliphatic carbocycles. The first-order valence-electron chi connectivity index (χ1n) is 6.45. The second kappa shape index (κ2) is 12.3. The van der Waals surface area contributed by atoms with Crippen molar-refractivity contribution in [1.82, 2.24) is 0 Å². The molecule has 0 N–H and O–H groups in total. The topological polar surface area (TPSA) is 97.3 Å². The second-order valence-electron chi connectivity index (χ2n) is 4.67. The zero-order valence-electron chi connectivity index (χ0n) is 13.3. The SMILES string of the molecule is CC(C(=O)[O-])c1ccc(C(=O)CCCCC(=O)[O-])cc1.[Na+].[Na+]. The molecule has 0 aliphatic heterocycles. The Bertz CT molecular complexity index is 499. The van der Waals surface area contributed by atoms with Gasteiger partial charge in [0.15, 0.2) is 5.78 Å². The molecule has 5 nitrogen and oxygen atoms in total. The van der Waals surface area contributed by atoms with Gasteiger partial charge in [-0.05, 0) is 24.8 Å². The molecule has 22 heavy (non-hydrogen) atoms. The number of rotatable bonds is 8. The van der Waals surface area contributed by atoms with Gasteiger partial charge < -0.3 is 19.8 Å². The molecule has 0 heterocycles. The minimum atomic E-state index is -1.16. The first kappa shape index (κ1) is 24.1. The molecule has 1 unspecified atom stereocenters. The molecule has 0 fully saturated rings. The maximum Gasteiger partial charge on any atom is 1.00 e. The van der Waals surface area contributed by atoms with Crippen LogP contribution in [0.5, 0.6) is 0 Å². The van der Waals surface area contributed by atoms with Gasteiger partial charge in [-0.25, -0.2) is 0 Å². The van der Waals surface area contributed by atoms with Gasteiger partial charge in [-0.3, -0.25) is 4.79 Å². The van der Waals surface area contributed by atoms with E-state index in [2.05, 4.69) is 0 Å². The van der Waals surface area contributed by atoms with Crippen molar-refractivity contribution < 1.29 is 83.7 Å². The van der Waals surface area contributed by atoms with E-state index in [1.165, 1.54) is 6.92 Å². The summed E-state index contributed by atoms with van der Waals surface area (Å²) in [6.07, 6.45) is 1.12. The van der Waals surface area contributed by atoms with Crippen molar-refractivity contribution in [2.45, 2.75) is 38.5 Å². The fourth-order valence-corrected chi connectivity index (χ4v) is 1.79. The molecule has 1 aromatic carbocycles. The van der Waals surface area contributed by atoms with E-state index in [-0.39, 0.29) is 77.7 Å². The Morgan fingerprint density at radius 2 is 1.45 bits per heavy atom. The Morgan fingerprint density at radius 3 is 1.91 bits per heavy atom. The standard InChI is InChI=1S/C15H18O5.2Na/c1-10(15(19)20)11-6-8-12(9-7-11)13(16)4-2-3-5-14(17)18;;/h6-10H,2-5H2,1H3,(H,17,18)(H,19,20);;/q;2*+1/p-2. The quantitative estimate of drug-likeness (QED) is 0.270. The Morgan fingerprint density at radius 1 is 0.955 bits per heavy atom. The molecule has 0 bridgehead atoms. The van der Waals surface area contributed by atoms with Crippen molar-refractivity contribution in [1.29, 1.82) is 0 Å². The summed E-state index contributed by atoms with van der Waals surface area (Å²) in [5, 5.41) is 20.9. The fourth-order valence-electron chi connectivity index (χ4n) is 1.79. The van der Waals surface area contributed by atoms with Crippen LogP contribution in [0.4, 0.5) is 0 Å². The van der Waals surface area contributed by atoms with E-state index < -0.39 is 17.9 Å². The van der Waals surface area contributed by atoms with Crippen LogP contribution in [0.3, 0.4) is 0 Å². The normalized spacial score (nSPS) is 10.8. The third kappa shape index (κ3) is 8.46. The largest absolute Gasteiger partial charge is 1.00 e. The Labute approximate surface area is 174 Å². The van der Waals surface area contributed by atoms with E-state index in [1.807, 2.05) is 0 Å². The summed E-state index contributed by atoms with van der Waals surface area (Å²) in [6.45, 7) is 1.52. The first-order valence-corrected chi connectivity index (χ1v) is 6.45. The third-order valence-corrected chi connectivity index (χ3v) is 3.12. The van der Waals surface area contributed by atoms with Gasteiger partial charge in [-0.1, -0.05) is 31.2 Å². The molecule has 0 amide bonds. The van der Waals surface area contributed by atoms with Crippen LogP contribution >= 0.6 is 0 Å². The molecular weight excluding hydrogens is 306 g/mol. The molecule has 1 atom stereocenters. The maximum absolute atomic E-state index is 11.8. The van der Waals surface area contributed by atoms with E-state index in [0.29, 0.717) is 24.0 Å². The number of hydrogen-bond donors (Lipinski definition) is 0. The van der Waals surface area contributed by atoms with E-state index in [4.69, 9.17) is 0 Å². The molecule has 0 aliphatic rings. The number of carboxylic acid groups (broad SMARTS) is 2. The van der Waals surface area contributed by atoms with Crippen LogP contribution in [-0.4, -0.2) is 17.7 Å². The van der Waals surface area contributed by atoms with Gasteiger partial charge >= 0.3 is 59.1 Å². The Balaban J connectivity index is 0. The van der Waals surface area contributed by atoms with Crippen LogP contribution in [0, 0.1) is 0 Å². The smallest absolute Gasteiger partial charge is 0.550 e. The van der Waals surface area contributed by atoms with Crippen molar-refractivity contribution in [2.24, 2.45) is 0 Å². The fraction of sp³-hybridized carbons (Fsp3) is 0.400. The van der Waals surface area contributed by atoms with Crippen LogP contribution in [0.1, 0.15) is 54.4 Å². The number of Topliss-reactive ketones (excluding diaryl/α,β-unsaturated/α-hetero) is 1. The van der Waals surface area contributed by atoms with Crippen LogP contribution in [0.25, 0.3) is 0 Å². The van der Waals surface area contributed by atoms with Crippen LogP contribution in [0.15, 0.2) is 24.3 Å². The van der Waals surface area contributed by atoms with Gasteiger partial charge in [0.1, 0.15) is 0 Å². The van der Waals surface area contributed by atoms with Gasteiger partial charge in [0.2, 0.25) is 0 Å². The van der Waals surface area contributed by atoms with Crippen molar-refractivity contribution in [3.8, 4) is 0 Å². The molecule has 1 aromatic rings. The summed E-state index contributed by atoms with van der Waals surface area (Å²) in [5.41, 5.74) is 1.08. The second-order valence-corrected chi connectivity index (χ2v) is 4.67. The number of ketones is 1. The van der Waals surface area contributed by atoms with E-state index in [1.54, 1.807) is 24.3 Å². The molecule has 108 valence electrons. The predicted molar refractivity (Wildman–Crippen MR) is 67.7 cm³/mol. The van der Waals surface area contributed by atoms with Crippen molar-refractivity contribution in [3.63, 3.8) is 0 Å². The molecule has 0 radical (unpaired) electrons. The van der Waals surface area contributed by atoms with E-state index >= 15 is 0 Å². The summed E-state index contributed by atoms with van der Waals surface area (Å²) < 4.78 is 0. The van der Waals surface area contributed by atoms with Crippen LogP contribution in [-0.2, 0) is 9.59 Å². The summed E-state index contributed by atoms with van der Waals surface area (Å²) in [4.78, 5) is 32.8. The third-order valence-electron chi connectivity index (χ3n) is 3.12. The number of carbonyl (C=O) groups excluding carboxylic acids is 3. The van der Waals surface area contributed by atoms with Crippen molar-refractivity contribution in [3.05, 3.63) is 35.4 Å². The average Bonchev–Trinajstić information content (AvgIpc) is 2.42. The first-order chi connectivity index (χ1) is 9.41.